The predicted octanol–water partition coefficient (Wildman–Crippen LogP) is 4.33. The minimum atomic E-state index is -5.27. The molecule has 2 N–H and O–H groups in total. The largest absolute Gasteiger partial charge is 0.466 e. The van der Waals surface area contributed by atoms with Gasteiger partial charge in [0.05, 0.1) is 12.7 Å². The lowest BCUT2D eigenvalue weighted by Crippen LogP contribution is -2.69. The van der Waals surface area contributed by atoms with Gasteiger partial charge in [0.1, 0.15) is 11.1 Å². The number of hydrogen-bond donors (Lipinski definition) is 2. The molecule has 3 rings (SSSR count). The van der Waals surface area contributed by atoms with E-state index in [-0.39, 0.29) is 16.1 Å². The third-order valence-corrected chi connectivity index (χ3v) is 6.63. The highest BCUT2D eigenvalue weighted by molar-refractivity contribution is 7.16. The van der Waals surface area contributed by atoms with E-state index < -0.39 is 23.7 Å². The van der Waals surface area contributed by atoms with Crippen LogP contribution in [0.25, 0.3) is 0 Å². The van der Waals surface area contributed by atoms with Gasteiger partial charge >= 0.3 is 17.8 Å². The van der Waals surface area contributed by atoms with Gasteiger partial charge in [0.15, 0.2) is 0 Å². The number of fused-ring (bicyclic) bond motifs is 1. The summed E-state index contributed by atoms with van der Waals surface area (Å²) in [6, 6.07) is 7.80. The molecular weight excluding hydrogens is 443 g/mol. The topological polar surface area (TPSA) is 91.2 Å². The number of nitrogens with one attached hydrogen (secondary N) is 2. The molecule has 1 aromatic carbocycles. The smallest absolute Gasteiger partial charge is 0.441 e. The highest BCUT2D eigenvalue weighted by Gasteiger charge is 2.64. The maximum Gasteiger partial charge on any atom is 0.441 e. The van der Waals surface area contributed by atoms with E-state index in [2.05, 4.69) is 10.1 Å². The monoisotopic (exact) mass is 465 g/mol. The number of esters is 1. The molecule has 0 unspecified atom stereocenters. The number of nitrogens with zero attached hydrogens (tertiary/aromatic N) is 1. The minimum absolute atomic E-state index is 0.0546. The summed E-state index contributed by atoms with van der Waals surface area (Å²) in [4.78, 5) is 26.0. The highest BCUT2D eigenvalue weighted by atomic mass is 32.1. The summed E-state index contributed by atoms with van der Waals surface area (Å²) >= 11 is 0.993. The number of ether oxygens (including phenoxy) is 1. The van der Waals surface area contributed by atoms with Crippen LogP contribution in [0.5, 0.6) is 0 Å². The van der Waals surface area contributed by atoms with Crippen molar-refractivity contribution >= 4 is 28.2 Å². The van der Waals surface area contributed by atoms with Crippen molar-refractivity contribution in [3.05, 3.63) is 51.4 Å². The molecule has 32 heavy (non-hydrogen) atoms. The van der Waals surface area contributed by atoms with Gasteiger partial charge in [-0.05, 0) is 49.8 Å². The Bertz CT molecular complexity index is 1070. The summed E-state index contributed by atoms with van der Waals surface area (Å²) in [5.74, 6) is -2.53. The highest BCUT2D eigenvalue weighted by Crippen LogP contribution is 2.42. The van der Waals surface area contributed by atoms with Crippen LogP contribution in [0.3, 0.4) is 0 Å². The molecule has 0 spiro atoms. The summed E-state index contributed by atoms with van der Waals surface area (Å²) in [5, 5.41) is 13.5. The third-order valence-electron chi connectivity index (χ3n) is 5.46. The van der Waals surface area contributed by atoms with E-state index in [0.717, 1.165) is 35.3 Å². The number of hydrogen-bond acceptors (Lipinski definition) is 6. The fourth-order valence-corrected chi connectivity index (χ4v) is 5.04. The Morgan fingerprint density at radius 2 is 1.91 bits per heavy atom. The molecule has 2 aromatic rings. The number of anilines is 1. The van der Waals surface area contributed by atoms with Crippen LogP contribution in [0, 0.1) is 24.2 Å². The first-order valence-electron chi connectivity index (χ1n) is 9.89. The molecule has 0 saturated carbocycles. The lowest BCUT2D eigenvalue weighted by molar-refractivity contribution is -0.203. The quantitative estimate of drug-likeness (QED) is 0.507. The Balaban J connectivity index is 2.08. The number of thiophene rings is 1. The summed E-state index contributed by atoms with van der Waals surface area (Å²) in [5.41, 5.74) is -2.08. The first-order valence-corrected chi connectivity index (χ1v) is 10.7. The molecule has 0 saturated heterocycles. The normalized spacial score (nSPS) is 17.5. The van der Waals surface area contributed by atoms with Gasteiger partial charge < -0.3 is 15.4 Å². The molecule has 0 radical (unpaired) electrons. The average Bonchev–Trinajstić information content (AvgIpc) is 3.07. The second kappa shape index (κ2) is 8.82. The number of methoxy groups -OCH3 is 1. The molecule has 1 aliphatic rings. The molecule has 1 heterocycles. The number of carbonyl (C=O) groups excluding carboxylic acids is 2. The molecular formula is C22H22F3N3O3S. The molecule has 6 nitrogen and oxygen atoms in total. The number of alkyl halides is 3. The van der Waals surface area contributed by atoms with Crippen LogP contribution in [0.1, 0.15) is 45.3 Å². The average molecular weight is 465 g/mol. The number of carbonyl (C=O) groups is 2. The second-order valence-electron chi connectivity index (χ2n) is 7.85. The maximum atomic E-state index is 14.4. The molecule has 10 heteroatoms. The molecule has 1 amide bonds. The van der Waals surface area contributed by atoms with Gasteiger partial charge in [-0.3, -0.25) is 4.79 Å². The van der Waals surface area contributed by atoms with Crippen LogP contribution in [-0.4, -0.2) is 30.8 Å². The number of rotatable bonds is 5. The van der Waals surface area contributed by atoms with Gasteiger partial charge in [0.2, 0.25) is 0 Å². The molecule has 0 bridgehead atoms. The van der Waals surface area contributed by atoms with Gasteiger partial charge in [-0.2, -0.15) is 18.4 Å². The van der Waals surface area contributed by atoms with Crippen LogP contribution in [0.15, 0.2) is 24.3 Å². The zero-order valence-corrected chi connectivity index (χ0v) is 18.5. The fraction of sp³-hybridized carbons (Fsp3) is 0.409. The number of aryl methyl sites for hydroxylation is 1. The molecule has 1 aromatic heterocycles. The maximum absolute atomic E-state index is 14.4. The lowest BCUT2D eigenvalue weighted by Gasteiger charge is -2.34. The SMILES string of the molecule is COC(=O)[C@](NC(=O)c1ccc(C)cc1)(Nc1sc2c(c1C#N)CC[C@H](C)C2)C(F)(F)F. The summed E-state index contributed by atoms with van der Waals surface area (Å²) in [6.07, 6.45) is -3.28. The number of benzene rings is 1. The van der Waals surface area contributed by atoms with Gasteiger partial charge in [-0.25, -0.2) is 4.79 Å². The Hall–Kier alpha value is -3.06. The zero-order chi connectivity index (χ0) is 23.7. The minimum Gasteiger partial charge on any atom is -0.466 e. The standard InChI is InChI=1S/C22H22F3N3O3S/c1-12-4-7-14(8-5-12)18(29)27-21(20(30)31-3,22(23,24)25)28-19-16(11-26)15-9-6-13(2)10-17(15)32-19/h4-5,7-8,13,28H,6,9-10H2,1-3H3,(H,27,29)/t13-,21-/m0/s1. The van der Waals surface area contributed by atoms with Crippen molar-refractivity contribution in [2.75, 3.05) is 12.4 Å². The van der Waals surface area contributed by atoms with Crippen molar-refractivity contribution < 1.29 is 27.5 Å². The Labute approximate surface area is 187 Å². The van der Waals surface area contributed by atoms with Crippen molar-refractivity contribution in [2.45, 2.75) is 44.9 Å². The Morgan fingerprint density at radius 3 is 2.47 bits per heavy atom. The van der Waals surface area contributed by atoms with Crippen LogP contribution >= 0.6 is 11.3 Å². The third kappa shape index (κ3) is 4.30. The van der Waals surface area contributed by atoms with E-state index in [9.17, 15) is 28.0 Å². The molecule has 170 valence electrons. The fourth-order valence-electron chi connectivity index (χ4n) is 3.62. The number of halogens is 3. The van der Waals surface area contributed by atoms with Crippen LogP contribution in [-0.2, 0) is 22.4 Å². The lowest BCUT2D eigenvalue weighted by atomic mass is 9.88. The zero-order valence-electron chi connectivity index (χ0n) is 17.7. The number of nitriles is 1. The van der Waals surface area contributed by atoms with Gasteiger partial charge in [0, 0.05) is 10.4 Å². The van der Waals surface area contributed by atoms with Crippen LogP contribution in [0.4, 0.5) is 18.2 Å². The first-order chi connectivity index (χ1) is 15.0. The molecule has 2 atom stereocenters. The van der Waals surface area contributed by atoms with E-state index in [1.165, 1.54) is 12.1 Å². The van der Waals surface area contributed by atoms with Gasteiger partial charge in [-0.15, -0.1) is 11.3 Å². The summed E-state index contributed by atoms with van der Waals surface area (Å²) < 4.78 is 47.5. The van der Waals surface area contributed by atoms with E-state index in [1.54, 1.807) is 24.4 Å². The molecule has 0 aliphatic heterocycles. The van der Waals surface area contributed by atoms with Crippen LogP contribution < -0.4 is 10.6 Å². The van der Waals surface area contributed by atoms with Crippen molar-refractivity contribution in [3.63, 3.8) is 0 Å². The van der Waals surface area contributed by atoms with Crippen molar-refractivity contribution in [1.82, 2.24) is 5.32 Å². The Morgan fingerprint density at radius 1 is 1.25 bits per heavy atom. The summed E-state index contributed by atoms with van der Waals surface area (Å²) in [6.45, 7) is 3.79. The van der Waals surface area contributed by atoms with Crippen molar-refractivity contribution in [2.24, 2.45) is 5.92 Å². The van der Waals surface area contributed by atoms with E-state index in [4.69, 9.17) is 0 Å². The molecule has 1 aliphatic carbocycles. The second-order valence-corrected chi connectivity index (χ2v) is 8.96. The number of amides is 1. The first kappa shape index (κ1) is 23.6. The molecule has 0 fully saturated rings. The Kier molecular flexibility index (Phi) is 6.51. The summed E-state index contributed by atoms with van der Waals surface area (Å²) in [7, 11) is 0.800. The van der Waals surface area contributed by atoms with E-state index in [0.29, 0.717) is 24.3 Å². The van der Waals surface area contributed by atoms with Crippen molar-refractivity contribution in [3.8, 4) is 6.07 Å². The van der Waals surface area contributed by atoms with Crippen molar-refractivity contribution in [1.29, 1.82) is 5.26 Å². The van der Waals surface area contributed by atoms with E-state index in [1.807, 2.05) is 13.0 Å². The van der Waals surface area contributed by atoms with E-state index >= 15 is 0 Å². The van der Waals surface area contributed by atoms with Crippen LogP contribution in [0.2, 0.25) is 0 Å². The van der Waals surface area contributed by atoms with Gasteiger partial charge in [-0.1, -0.05) is 24.6 Å². The predicted molar refractivity (Wildman–Crippen MR) is 113 cm³/mol. The van der Waals surface area contributed by atoms with Gasteiger partial charge in [0.25, 0.3) is 5.91 Å².